The number of amides is 1. The highest BCUT2D eigenvalue weighted by Crippen LogP contribution is 2.19. The molecule has 0 aliphatic carbocycles. The summed E-state index contributed by atoms with van der Waals surface area (Å²) in [4.78, 5) is 12.6. The zero-order valence-electron chi connectivity index (χ0n) is 17.3. The van der Waals surface area contributed by atoms with Crippen LogP contribution in [-0.4, -0.2) is 15.7 Å². The van der Waals surface area contributed by atoms with Crippen LogP contribution in [0.4, 0.5) is 5.69 Å². The Morgan fingerprint density at radius 1 is 0.968 bits per heavy atom. The van der Waals surface area contributed by atoms with Gasteiger partial charge in [0.2, 0.25) is 0 Å². The monoisotopic (exact) mass is 431 g/mol. The second kappa shape index (κ2) is 9.06. The number of benzene rings is 3. The largest absolute Gasteiger partial charge is 0.489 e. The molecular weight excluding hydrogens is 410 g/mol. The number of carbonyl (C=O) groups is 1. The lowest BCUT2D eigenvalue weighted by atomic mass is 10.2. The molecule has 1 heterocycles. The van der Waals surface area contributed by atoms with E-state index in [1.807, 2.05) is 73.1 Å². The Morgan fingerprint density at radius 2 is 1.65 bits per heavy atom. The topological polar surface area (TPSA) is 56.2 Å². The zero-order valence-corrected chi connectivity index (χ0v) is 18.1. The Hall–Kier alpha value is -3.57. The number of hydrogen-bond acceptors (Lipinski definition) is 3. The van der Waals surface area contributed by atoms with E-state index >= 15 is 0 Å². The van der Waals surface area contributed by atoms with Crippen LogP contribution in [0.1, 0.15) is 27.3 Å². The second-order valence-corrected chi connectivity index (χ2v) is 7.72. The van der Waals surface area contributed by atoms with E-state index in [2.05, 4.69) is 10.4 Å². The van der Waals surface area contributed by atoms with Crippen molar-refractivity contribution in [2.24, 2.45) is 0 Å². The first-order chi connectivity index (χ1) is 15.0. The fourth-order valence-corrected chi connectivity index (χ4v) is 3.36. The molecule has 31 heavy (non-hydrogen) atoms. The third-order valence-corrected chi connectivity index (χ3v) is 5.07. The molecule has 4 aromatic rings. The van der Waals surface area contributed by atoms with Gasteiger partial charge in [0.1, 0.15) is 12.4 Å². The third kappa shape index (κ3) is 5.13. The van der Waals surface area contributed by atoms with Gasteiger partial charge in [-0.25, -0.2) is 4.68 Å². The third-order valence-electron chi connectivity index (χ3n) is 4.81. The molecule has 0 spiro atoms. The number of halogens is 1. The molecule has 0 unspecified atom stereocenters. The molecule has 156 valence electrons. The Morgan fingerprint density at radius 3 is 2.26 bits per heavy atom. The quantitative estimate of drug-likeness (QED) is 0.409. The van der Waals surface area contributed by atoms with Crippen LogP contribution in [0.2, 0.25) is 5.02 Å². The predicted octanol–water partition coefficient (Wildman–Crippen LogP) is 5.97. The van der Waals surface area contributed by atoms with Gasteiger partial charge in [-0.05, 0) is 86.1 Å². The number of ether oxygens (including phenoxy) is 1. The molecule has 6 heteroatoms. The number of anilines is 1. The van der Waals surface area contributed by atoms with Crippen molar-refractivity contribution in [2.75, 3.05) is 5.32 Å². The van der Waals surface area contributed by atoms with E-state index in [4.69, 9.17) is 16.3 Å². The summed E-state index contributed by atoms with van der Waals surface area (Å²) < 4.78 is 7.65. The van der Waals surface area contributed by atoms with Crippen molar-refractivity contribution in [1.82, 2.24) is 9.78 Å². The van der Waals surface area contributed by atoms with Crippen molar-refractivity contribution in [3.05, 3.63) is 106 Å². The minimum absolute atomic E-state index is 0.178. The lowest BCUT2D eigenvalue weighted by Crippen LogP contribution is -2.12. The lowest BCUT2D eigenvalue weighted by Gasteiger charge is -2.09. The van der Waals surface area contributed by atoms with Gasteiger partial charge in [-0.1, -0.05) is 23.7 Å². The molecule has 1 aromatic heterocycles. The van der Waals surface area contributed by atoms with E-state index in [0.717, 1.165) is 28.3 Å². The summed E-state index contributed by atoms with van der Waals surface area (Å²) >= 11 is 5.89. The van der Waals surface area contributed by atoms with E-state index in [9.17, 15) is 4.79 Å². The van der Waals surface area contributed by atoms with Gasteiger partial charge in [-0.2, -0.15) is 5.10 Å². The van der Waals surface area contributed by atoms with Crippen molar-refractivity contribution in [3.8, 4) is 11.4 Å². The fraction of sp³-hybridized carbons (Fsp3) is 0.120. The van der Waals surface area contributed by atoms with Gasteiger partial charge in [0.05, 0.1) is 11.4 Å². The molecule has 3 aromatic carbocycles. The highest BCUT2D eigenvalue weighted by Gasteiger charge is 2.08. The first-order valence-electron chi connectivity index (χ1n) is 9.90. The molecule has 0 aliphatic rings. The lowest BCUT2D eigenvalue weighted by molar-refractivity contribution is 0.102. The average Bonchev–Trinajstić information content (AvgIpc) is 3.12. The van der Waals surface area contributed by atoms with Crippen molar-refractivity contribution >= 4 is 23.2 Å². The maximum absolute atomic E-state index is 12.6. The summed E-state index contributed by atoms with van der Waals surface area (Å²) in [5.74, 6) is 0.517. The zero-order chi connectivity index (χ0) is 21.8. The van der Waals surface area contributed by atoms with E-state index in [1.165, 1.54) is 0 Å². The molecule has 4 rings (SSSR count). The summed E-state index contributed by atoms with van der Waals surface area (Å²) in [6, 6.07) is 24.2. The molecule has 1 amide bonds. The van der Waals surface area contributed by atoms with Gasteiger partial charge in [0, 0.05) is 22.0 Å². The van der Waals surface area contributed by atoms with Gasteiger partial charge in [-0.15, -0.1) is 0 Å². The smallest absolute Gasteiger partial charge is 0.255 e. The highest BCUT2D eigenvalue weighted by atomic mass is 35.5. The van der Waals surface area contributed by atoms with Gasteiger partial charge < -0.3 is 10.1 Å². The summed E-state index contributed by atoms with van der Waals surface area (Å²) in [6.45, 7) is 4.41. The van der Waals surface area contributed by atoms with Gasteiger partial charge in [-0.3, -0.25) is 4.79 Å². The summed E-state index contributed by atoms with van der Waals surface area (Å²) in [5, 5.41) is 8.09. The van der Waals surface area contributed by atoms with Crippen molar-refractivity contribution in [2.45, 2.75) is 20.5 Å². The van der Waals surface area contributed by atoms with Gasteiger partial charge >= 0.3 is 0 Å². The van der Waals surface area contributed by atoms with Crippen LogP contribution in [0.5, 0.6) is 5.75 Å². The van der Waals surface area contributed by atoms with E-state index < -0.39 is 0 Å². The summed E-state index contributed by atoms with van der Waals surface area (Å²) in [5.41, 5.74) is 5.28. The van der Waals surface area contributed by atoms with Crippen molar-refractivity contribution in [3.63, 3.8) is 0 Å². The summed E-state index contributed by atoms with van der Waals surface area (Å²) in [6.07, 6.45) is 0. The minimum Gasteiger partial charge on any atom is -0.489 e. The Labute approximate surface area is 186 Å². The first kappa shape index (κ1) is 20.7. The molecule has 0 bridgehead atoms. The Kier molecular flexibility index (Phi) is 6.05. The summed E-state index contributed by atoms with van der Waals surface area (Å²) in [7, 11) is 0. The first-order valence-corrected chi connectivity index (χ1v) is 10.3. The van der Waals surface area contributed by atoms with Crippen LogP contribution < -0.4 is 10.1 Å². The average molecular weight is 432 g/mol. The van der Waals surface area contributed by atoms with Crippen LogP contribution in [-0.2, 0) is 6.61 Å². The van der Waals surface area contributed by atoms with E-state index in [-0.39, 0.29) is 5.91 Å². The normalized spacial score (nSPS) is 10.7. The SMILES string of the molecule is Cc1cc(C)n(-c2ccc(NC(=O)c3ccc(OCc4ccc(Cl)cc4)cc3)cc2)n1. The fourth-order valence-electron chi connectivity index (χ4n) is 3.23. The number of rotatable bonds is 6. The number of nitrogens with zero attached hydrogens (tertiary/aromatic N) is 2. The molecule has 0 saturated carbocycles. The molecule has 0 radical (unpaired) electrons. The predicted molar refractivity (Wildman–Crippen MR) is 123 cm³/mol. The molecule has 0 atom stereocenters. The Balaban J connectivity index is 1.36. The van der Waals surface area contributed by atoms with Crippen molar-refractivity contribution in [1.29, 1.82) is 0 Å². The van der Waals surface area contributed by atoms with Crippen LogP contribution in [0.25, 0.3) is 5.69 Å². The molecule has 0 aliphatic heterocycles. The van der Waals surface area contributed by atoms with E-state index in [0.29, 0.717) is 22.9 Å². The van der Waals surface area contributed by atoms with Gasteiger partial charge in [0.15, 0.2) is 0 Å². The highest BCUT2D eigenvalue weighted by molar-refractivity contribution is 6.30. The maximum Gasteiger partial charge on any atom is 0.255 e. The molecular formula is C25H22ClN3O2. The van der Waals surface area contributed by atoms with E-state index in [1.54, 1.807) is 24.3 Å². The van der Waals surface area contributed by atoms with Gasteiger partial charge in [0.25, 0.3) is 5.91 Å². The number of aromatic nitrogens is 2. The number of nitrogens with one attached hydrogen (secondary N) is 1. The minimum atomic E-state index is -0.178. The van der Waals surface area contributed by atoms with Crippen LogP contribution >= 0.6 is 11.6 Å². The second-order valence-electron chi connectivity index (χ2n) is 7.28. The number of carbonyl (C=O) groups excluding carboxylic acids is 1. The molecule has 5 nitrogen and oxygen atoms in total. The molecule has 1 N–H and O–H groups in total. The molecule has 0 saturated heterocycles. The van der Waals surface area contributed by atoms with Crippen LogP contribution in [0.15, 0.2) is 78.9 Å². The Bertz CT molecular complexity index is 1180. The van der Waals surface area contributed by atoms with Crippen molar-refractivity contribution < 1.29 is 9.53 Å². The van der Waals surface area contributed by atoms with Crippen LogP contribution in [0, 0.1) is 13.8 Å². The maximum atomic E-state index is 12.6. The molecule has 0 fully saturated rings. The van der Waals surface area contributed by atoms with Crippen LogP contribution in [0.3, 0.4) is 0 Å². The standard InChI is InChI=1S/C25H22ClN3O2/c1-17-15-18(2)29(28-17)23-11-9-22(10-12-23)27-25(30)20-5-13-24(14-6-20)31-16-19-3-7-21(26)8-4-19/h3-15H,16H2,1-2H3,(H,27,30). The number of aryl methyl sites for hydroxylation is 2. The number of hydrogen-bond donors (Lipinski definition) is 1.